The van der Waals surface area contributed by atoms with Crippen molar-refractivity contribution in [2.45, 2.75) is 6.92 Å². The average Bonchev–Trinajstić information content (AvgIpc) is 1.95. The van der Waals surface area contributed by atoms with Crippen LogP contribution in [0.5, 0.6) is 0 Å². The van der Waals surface area contributed by atoms with Crippen LogP contribution >= 0.6 is 0 Å². The molecule has 0 aromatic carbocycles. The molecular formula is C7H7N2OU-. The summed E-state index contributed by atoms with van der Waals surface area (Å²) in [4.78, 5) is 13.2. The summed E-state index contributed by atoms with van der Waals surface area (Å²) >= 11 is 0. The van der Waals surface area contributed by atoms with E-state index >= 15 is 0 Å². The Morgan fingerprint density at radius 1 is 1.64 bits per heavy atom. The fourth-order valence-electron chi connectivity index (χ4n) is 0.670. The number of aromatic nitrogens is 1. The third kappa shape index (κ3) is 2.64. The number of H-pyrrole nitrogens is 1. The summed E-state index contributed by atoms with van der Waals surface area (Å²) in [7, 11) is 0. The van der Waals surface area contributed by atoms with Crippen LogP contribution in [0, 0.1) is 43.4 Å². The maximum atomic E-state index is 10.7. The number of hydrogen-bond donors (Lipinski definition) is 2. The Hall–Kier alpha value is -0.328. The number of aryl methyl sites for hydroxylation is 1. The van der Waals surface area contributed by atoms with Gasteiger partial charge in [0.15, 0.2) is 0 Å². The molecule has 0 aliphatic heterocycles. The minimum absolute atomic E-state index is 0. The van der Waals surface area contributed by atoms with Crippen molar-refractivity contribution in [2.24, 2.45) is 0 Å². The zero-order chi connectivity index (χ0) is 7.56. The van der Waals surface area contributed by atoms with Crippen molar-refractivity contribution in [3.8, 4) is 0 Å². The van der Waals surface area contributed by atoms with E-state index in [4.69, 9.17) is 5.41 Å². The molecule has 0 atom stereocenters. The summed E-state index contributed by atoms with van der Waals surface area (Å²) in [5.41, 5.74) is 1.09. The molecule has 11 heavy (non-hydrogen) atoms. The monoisotopic (exact) mass is 373 g/mol. The van der Waals surface area contributed by atoms with Gasteiger partial charge in [0.1, 0.15) is 0 Å². The molecule has 0 radical (unpaired) electrons. The van der Waals surface area contributed by atoms with Crippen LogP contribution in [0.4, 0.5) is 0 Å². The van der Waals surface area contributed by atoms with Crippen molar-refractivity contribution in [3.05, 3.63) is 33.7 Å². The number of nitrogens with one attached hydrogen (secondary N) is 2. The summed E-state index contributed by atoms with van der Waals surface area (Å²) in [6, 6.07) is 1.62. The van der Waals surface area contributed by atoms with Gasteiger partial charge in [0, 0.05) is 31.1 Å². The molecule has 1 rings (SSSR count). The first-order chi connectivity index (χ1) is 4.74. The van der Waals surface area contributed by atoms with E-state index in [1.54, 1.807) is 13.0 Å². The van der Waals surface area contributed by atoms with Gasteiger partial charge in [0.25, 0.3) is 0 Å². The fraction of sp³-hybridized carbons (Fsp3) is 0.143. The van der Waals surface area contributed by atoms with Crippen LogP contribution in [-0.2, 0) is 0 Å². The van der Waals surface area contributed by atoms with E-state index in [1.165, 1.54) is 6.20 Å². The number of hydrogen-bond acceptors (Lipinski definition) is 2. The van der Waals surface area contributed by atoms with Gasteiger partial charge < -0.3 is 10.4 Å². The van der Waals surface area contributed by atoms with Gasteiger partial charge in [-0.25, -0.2) is 0 Å². The third-order valence-electron chi connectivity index (χ3n) is 1.23. The molecule has 56 valence electrons. The van der Waals surface area contributed by atoms with E-state index in [0.717, 1.165) is 0 Å². The van der Waals surface area contributed by atoms with Crippen LogP contribution in [0.3, 0.4) is 0 Å². The molecular weight excluding hydrogens is 366 g/mol. The molecule has 1 aromatic heterocycles. The first-order valence-electron chi connectivity index (χ1n) is 2.86. The van der Waals surface area contributed by atoms with Gasteiger partial charge in [-0.05, 0) is 12.5 Å². The van der Waals surface area contributed by atoms with E-state index in [2.05, 4.69) is 11.2 Å². The Kier molecular flexibility index (Phi) is 4.39. The van der Waals surface area contributed by atoms with Crippen LogP contribution in [0.15, 0.2) is 17.1 Å². The maximum absolute atomic E-state index is 10.7. The molecule has 0 aliphatic carbocycles. The smallest absolute Gasteiger partial charge is 0.227 e. The van der Waals surface area contributed by atoms with Crippen LogP contribution in [0.25, 0.3) is 0 Å². The molecule has 0 saturated heterocycles. The van der Waals surface area contributed by atoms with Gasteiger partial charge in [-0.1, -0.05) is 12.4 Å². The van der Waals surface area contributed by atoms with Crippen LogP contribution in [-0.4, -0.2) is 11.2 Å². The Morgan fingerprint density at radius 2 is 2.27 bits per heavy atom. The quantitative estimate of drug-likeness (QED) is 0.549. The number of aromatic amines is 1. The van der Waals surface area contributed by atoms with Gasteiger partial charge in [-0.2, -0.15) is 11.6 Å². The average molecular weight is 373 g/mol. The standard InChI is InChI=1S/C7H7N2O.U/c1-5-2-6(3-8)4-9-7(5)10;/h2,4,8H,1H3,(H,9,10);/q-1;. The molecule has 0 unspecified atom stereocenters. The van der Waals surface area contributed by atoms with E-state index in [0.29, 0.717) is 11.1 Å². The van der Waals surface area contributed by atoms with Gasteiger partial charge in [-0.15, -0.1) is 0 Å². The molecule has 2 N–H and O–H groups in total. The minimum atomic E-state index is -0.112. The topological polar surface area (TPSA) is 56.7 Å². The van der Waals surface area contributed by atoms with E-state index < -0.39 is 0 Å². The summed E-state index contributed by atoms with van der Waals surface area (Å²) in [6.45, 7) is 1.69. The van der Waals surface area contributed by atoms with Crippen LogP contribution in [0.2, 0.25) is 0 Å². The van der Waals surface area contributed by atoms with E-state index in [1.807, 2.05) is 0 Å². The Balaban J connectivity index is 0.000001000. The molecule has 4 heteroatoms. The summed E-state index contributed by atoms with van der Waals surface area (Å²) in [6.07, 6.45) is 3.64. The Labute approximate surface area is 88.1 Å². The molecule has 0 fully saturated rings. The van der Waals surface area contributed by atoms with Crippen molar-refractivity contribution in [2.75, 3.05) is 0 Å². The second-order valence-electron chi connectivity index (χ2n) is 2.03. The summed E-state index contributed by atoms with van der Waals surface area (Å²) in [5.74, 6) is 0. The Morgan fingerprint density at radius 3 is 2.73 bits per heavy atom. The minimum Gasteiger partial charge on any atom is -0.382 e. The van der Waals surface area contributed by atoms with Crippen molar-refractivity contribution in [3.63, 3.8) is 0 Å². The van der Waals surface area contributed by atoms with Gasteiger partial charge >= 0.3 is 0 Å². The number of pyridine rings is 1. The first-order valence-corrected chi connectivity index (χ1v) is 2.86. The van der Waals surface area contributed by atoms with Crippen LogP contribution < -0.4 is 5.56 Å². The zero-order valence-electron chi connectivity index (χ0n) is 6.06. The SMILES string of the molecule is Cc1cc([C-]=N)c[nH]c1=O.[U]. The normalized spacial score (nSPS) is 8.45. The second-order valence-corrected chi connectivity index (χ2v) is 2.03. The summed E-state index contributed by atoms with van der Waals surface area (Å²) < 4.78 is 0. The predicted octanol–water partition coefficient (Wildman–Crippen LogP) is 0.558. The molecule has 0 bridgehead atoms. The maximum Gasteiger partial charge on any atom is 0.227 e. The molecule has 0 spiro atoms. The van der Waals surface area contributed by atoms with Crippen molar-refractivity contribution < 1.29 is 31.1 Å². The Bertz CT molecular complexity index is 306. The molecule has 0 saturated carbocycles. The van der Waals surface area contributed by atoms with E-state index in [-0.39, 0.29) is 36.7 Å². The van der Waals surface area contributed by atoms with E-state index in [9.17, 15) is 4.79 Å². The molecule has 3 nitrogen and oxygen atoms in total. The second kappa shape index (κ2) is 4.53. The van der Waals surface area contributed by atoms with Gasteiger partial charge in [0.2, 0.25) is 5.56 Å². The predicted molar refractivity (Wildman–Crippen MR) is 38.6 cm³/mol. The fourth-order valence-corrected chi connectivity index (χ4v) is 0.670. The largest absolute Gasteiger partial charge is 0.382 e. The number of rotatable bonds is 1. The molecule has 1 heterocycles. The van der Waals surface area contributed by atoms with Gasteiger partial charge in [0.05, 0.1) is 0 Å². The summed E-state index contributed by atoms with van der Waals surface area (Å²) in [5, 5.41) is 6.74. The molecule has 0 amide bonds. The third-order valence-corrected chi connectivity index (χ3v) is 1.23. The molecule has 1 aromatic rings. The molecule has 0 aliphatic rings. The van der Waals surface area contributed by atoms with Gasteiger partial charge in [-0.3, -0.25) is 4.79 Å². The zero-order valence-corrected chi connectivity index (χ0v) is 10.2. The van der Waals surface area contributed by atoms with Crippen molar-refractivity contribution in [1.29, 1.82) is 5.41 Å². The van der Waals surface area contributed by atoms with Crippen LogP contribution in [0.1, 0.15) is 11.1 Å². The van der Waals surface area contributed by atoms with Crippen molar-refractivity contribution >= 4 is 6.21 Å². The van der Waals surface area contributed by atoms with Crippen molar-refractivity contribution in [1.82, 2.24) is 4.98 Å². The first kappa shape index (κ1) is 10.7.